The molecule has 2 aromatic heterocycles. The van der Waals surface area contributed by atoms with E-state index in [0.717, 1.165) is 57.3 Å². The summed E-state index contributed by atoms with van der Waals surface area (Å²) in [4.78, 5) is 59.6. The Balaban J connectivity index is 1.40. The summed E-state index contributed by atoms with van der Waals surface area (Å²) in [6.07, 6.45) is 6.10. The first kappa shape index (κ1) is 45.2. The third-order valence-electron chi connectivity index (χ3n) is 11.8. The lowest BCUT2D eigenvalue weighted by Crippen LogP contribution is -2.61. The number of phenols is 1. The van der Waals surface area contributed by atoms with Gasteiger partial charge in [-0.2, -0.15) is 0 Å². The minimum atomic E-state index is -0.974. The van der Waals surface area contributed by atoms with Crippen LogP contribution in [0.25, 0.3) is 33.3 Å². The van der Waals surface area contributed by atoms with Crippen LogP contribution in [0.15, 0.2) is 54.9 Å². The summed E-state index contributed by atoms with van der Waals surface area (Å²) < 4.78 is 13.4. The van der Waals surface area contributed by atoms with Gasteiger partial charge in [0.25, 0.3) is 5.91 Å². The monoisotopic (exact) mass is 837 g/mol. The van der Waals surface area contributed by atoms with Gasteiger partial charge in [0.2, 0.25) is 11.8 Å². The number of benzene rings is 2. The van der Waals surface area contributed by atoms with Gasteiger partial charge in [-0.15, -0.1) is 0 Å². The fourth-order valence-corrected chi connectivity index (χ4v) is 8.69. The van der Waals surface area contributed by atoms with E-state index in [1.165, 1.54) is 11.8 Å². The first-order chi connectivity index (χ1) is 29.1. The van der Waals surface area contributed by atoms with E-state index in [1.54, 1.807) is 37.5 Å². The number of methoxy groups -OCH3 is 1. The Hall–Kier alpha value is -5.31. The molecule has 0 unspecified atom stereocenters. The summed E-state index contributed by atoms with van der Waals surface area (Å²) in [6, 6.07) is 11.8. The number of aromatic hydroxyl groups is 1. The topological polar surface area (TPSA) is 167 Å². The van der Waals surface area contributed by atoms with E-state index in [0.29, 0.717) is 51.3 Å². The first-order valence-corrected chi connectivity index (χ1v) is 21.5. The standard InChI is InChI=1S/C47H63N7O7/c1-9-53-41-13-12-32(22-37(41)38(23-47(5,6)28-61-30(4)55)43(53)39-26-48-16-14-33(39)27-60-8)34-18-31(19-36(56)21-34)20-40(46(59)54-17-11-10-15-50-54)51-44(57)42(29(2)3)52(7)45(58)35-24-49-25-35/h12-14,16,18-19,21-22,26,29,35,40,42,49-50,56H,9-11,15,17,20,23-25,27-28H2,1-8H3,(H,51,57)/t40-,42-/m0/s1. The van der Waals surface area contributed by atoms with Crippen molar-refractivity contribution in [3.05, 3.63) is 71.5 Å². The quantitative estimate of drug-likeness (QED) is 0.104. The minimum absolute atomic E-state index is 0.0230. The predicted octanol–water partition coefficient (Wildman–Crippen LogP) is 5.23. The Morgan fingerprint density at radius 3 is 2.48 bits per heavy atom. The molecule has 3 amide bonds. The van der Waals surface area contributed by atoms with Crippen LogP contribution in [0.2, 0.25) is 0 Å². The van der Waals surface area contributed by atoms with E-state index in [4.69, 9.17) is 9.47 Å². The fraction of sp³-hybridized carbons (Fsp3) is 0.511. The molecule has 0 spiro atoms. The number of esters is 1. The van der Waals surface area contributed by atoms with Crippen molar-refractivity contribution in [1.82, 2.24) is 35.5 Å². The van der Waals surface area contributed by atoms with Crippen LogP contribution in [0.1, 0.15) is 71.1 Å². The van der Waals surface area contributed by atoms with Crippen molar-refractivity contribution in [2.24, 2.45) is 17.3 Å². The van der Waals surface area contributed by atoms with Gasteiger partial charge in [-0.25, -0.2) is 5.43 Å². The molecule has 2 aromatic carbocycles. The van der Waals surface area contributed by atoms with Gasteiger partial charge in [0.15, 0.2) is 0 Å². The van der Waals surface area contributed by atoms with Crippen LogP contribution in [-0.4, -0.2) is 107 Å². The zero-order valence-electron chi connectivity index (χ0n) is 37.0. The number of fused-ring (bicyclic) bond motifs is 1. The van der Waals surface area contributed by atoms with Crippen LogP contribution in [0.4, 0.5) is 0 Å². The number of aryl methyl sites for hydroxylation is 1. The SMILES string of the molecule is CCn1c(-c2cnccc2COC)c(CC(C)(C)COC(C)=O)c2cc(-c3cc(O)cc(C[C@H](NC(=O)[C@H](C(C)C)N(C)C(=O)C4CNC4)C(=O)N4CCCCN4)c3)ccc21. The Kier molecular flexibility index (Phi) is 14.5. The number of aromatic nitrogens is 2. The Morgan fingerprint density at radius 1 is 1.07 bits per heavy atom. The molecule has 61 heavy (non-hydrogen) atoms. The number of phenolic OH excluding ortho intramolecular Hbond substituents is 1. The summed E-state index contributed by atoms with van der Waals surface area (Å²) in [5.74, 6) is -1.49. The normalized spacial score (nSPS) is 15.7. The molecular formula is C47H63N7O7. The van der Waals surface area contributed by atoms with Crippen molar-refractivity contribution < 1.29 is 33.8 Å². The van der Waals surface area contributed by atoms with Crippen molar-refractivity contribution in [1.29, 1.82) is 0 Å². The highest BCUT2D eigenvalue weighted by atomic mass is 16.5. The number of pyridine rings is 1. The van der Waals surface area contributed by atoms with E-state index < -0.39 is 23.4 Å². The largest absolute Gasteiger partial charge is 0.508 e. The average Bonchev–Trinajstić information content (AvgIpc) is 3.50. The second kappa shape index (κ2) is 19.6. The van der Waals surface area contributed by atoms with Gasteiger partial charge >= 0.3 is 5.97 Å². The van der Waals surface area contributed by atoms with Crippen molar-refractivity contribution in [3.63, 3.8) is 0 Å². The van der Waals surface area contributed by atoms with Crippen LogP contribution in [0.3, 0.4) is 0 Å². The molecule has 0 saturated carbocycles. The molecule has 6 rings (SSSR count). The van der Waals surface area contributed by atoms with Gasteiger partial charge < -0.3 is 34.7 Å². The molecule has 2 aliphatic heterocycles. The van der Waals surface area contributed by atoms with Gasteiger partial charge in [-0.1, -0.05) is 39.8 Å². The molecule has 2 aliphatic rings. The van der Waals surface area contributed by atoms with Crippen molar-refractivity contribution in [3.8, 4) is 28.1 Å². The molecule has 2 atom stereocenters. The maximum Gasteiger partial charge on any atom is 0.302 e. The first-order valence-electron chi connectivity index (χ1n) is 21.5. The van der Waals surface area contributed by atoms with Crippen LogP contribution < -0.4 is 16.1 Å². The lowest BCUT2D eigenvalue weighted by molar-refractivity contribution is -0.146. The second-order valence-corrected chi connectivity index (χ2v) is 17.6. The van der Waals surface area contributed by atoms with Crippen LogP contribution >= 0.6 is 0 Å². The molecule has 328 valence electrons. The van der Waals surface area contributed by atoms with E-state index >= 15 is 0 Å². The molecular weight excluding hydrogens is 775 g/mol. The predicted molar refractivity (Wildman–Crippen MR) is 235 cm³/mol. The highest BCUT2D eigenvalue weighted by Crippen LogP contribution is 2.41. The number of likely N-dealkylation sites (N-methyl/N-ethyl adjacent to an activating group) is 1. The van der Waals surface area contributed by atoms with Crippen molar-refractivity contribution in [2.45, 2.75) is 92.5 Å². The molecule has 4 heterocycles. The van der Waals surface area contributed by atoms with E-state index in [9.17, 15) is 24.3 Å². The van der Waals surface area contributed by atoms with Crippen LogP contribution in [-0.2, 0) is 54.6 Å². The summed E-state index contributed by atoms with van der Waals surface area (Å²) in [7, 11) is 3.33. The van der Waals surface area contributed by atoms with Crippen molar-refractivity contribution in [2.75, 3.05) is 46.9 Å². The van der Waals surface area contributed by atoms with Gasteiger partial charge in [-0.05, 0) is 90.3 Å². The highest BCUT2D eigenvalue weighted by Gasteiger charge is 2.38. The lowest BCUT2D eigenvalue weighted by atomic mass is 9.84. The highest BCUT2D eigenvalue weighted by molar-refractivity contribution is 5.96. The molecule has 14 nitrogen and oxygen atoms in total. The van der Waals surface area contributed by atoms with Crippen molar-refractivity contribution >= 4 is 34.6 Å². The Bertz CT molecular complexity index is 2220. The number of rotatable bonds is 17. The van der Waals surface area contributed by atoms with E-state index in [-0.39, 0.29) is 48.4 Å². The molecule has 2 saturated heterocycles. The number of hydrogen-bond donors (Lipinski definition) is 4. The molecule has 4 aromatic rings. The number of hydrazine groups is 1. The number of nitrogens with one attached hydrogen (secondary N) is 3. The number of nitrogens with zero attached hydrogens (tertiary/aromatic N) is 4. The minimum Gasteiger partial charge on any atom is -0.508 e. The number of hydrogen-bond acceptors (Lipinski definition) is 10. The lowest BCUT2D eigenvalue weighted by Gasteiger charge is -2.37. The number of ether oxygens (including phenoxy) is 2. The average molecular weight is 838 g/mol. The smallest absolute Gasteiger partial charge is 0.302 e. The Morgan fingerprint density at radius 2 is 1.84 bits per heavy atom. The third kappa shape index (κ3) is 10.4. The second-order valence-electron chi connectivity index (χ2n) is 17.6. The van der Waals surface area contributed by atoms with Gasteiger partial charge in [0, 0.05) is 94.5 Å². The molecule has 0 bridgehead atoms. The molecule has 0 radical (unpaired) electrons. The molecule has 4 N–H and O–H groups in total. The van der Waals surface area contributed by atoms with Gasteiger partial charge in [0.1, 0.15) is 17.8 Å². The summed E-state index contributed by atoms with van der Waals surface area (Å²) in [5.41, 5.74) is 10.1. The Labute approximate surface area is 359 Å². The fourth-order valence-electron chi connectivity index (χ4n) is 8.69. The number of carbonyl (C=O) groups excluding carboxylic acids is 4. The number of carbonyl (C=O) groups is 4. The van der Waals surface area contributed by atoms with Crippen LogP contribution in [0, 0.1) is 17.3 Å². The summed E-state index contributed by atoms with van der Waals surface area (Å²) in [6.45, 7) is 15.1. The van der Waals surface area contributed by atoms with E-state index in [1.807, 2.05) is 38.2 Å². The molecule has 2 fully saturated rings. The van der Waals surface area contributed by atoms with Gasteiger partial charge in [0.05, 0.1) is 24.8 Å². The zero-order valence-corrected chi connectivity index (χ0v) is 37.0. The van der Waals surface area contributed by atoms with E-state index in [2.05, 4.69) is 58.5 Å². The summed E-state index contributed by atoms with van der Waals surface area (Å²) in [5, 5.41) is 20.0. The summed E-state index contributed by atoms with van der Waals surface area (Å²) >= 11 is 0. The third-order valence-corrected chi connectivity index (χ3v) is 11.8. The number of amides is 3. The molecule has 14 heteroatoms. The van der Waals surface area contributed by atoms with Gasteiger partial charge in [-0.3, -0.25) is 29.2 Å². The maximum absolute atomic E-state index is 14.2. The van der Waals surface area contributed by atoms with Crippen LogP contribution in [0.5, 0.6) is 5.75 Å². The molecule has 0 aliphatic carbocycles. The maximum atomic E-state index is 14.2. The zero-order chi connectivity index (χ0) is 44.0.